The number of halogens is 1. The first-order valence-corrected chi connectivity index (χ1v) is 5.75. The summed E-state index contributed by atoms with van der Waals surface area (Å²) in [5.41, 5.74) is -1.13. The molecule has 0 radical (unpaired) electrons. The highest BCUT2D eigenvalue weighted by Gasteiger charge is 2.24. The largest absolute Gasteiger partial charge is 0.476 e. The molecule has 0 amide bonds. The average molecular weight is 296 g/mol. The zero-order valence-electron chi connectivity index (χ0n) is 10.7. The van der Waals surface area contributed by atoms with Gasteiger partial charge in [0.25, 0.3) is 5.69 Å². The summed E-state index contributed by atoms with van der Waals surface area (Å²) in [6, 6.07) is 2.84. The van der Waals surface area contributed by atoms with Crippen molar-refractivity contribution in [2.24, 2.45) is 0 Å². The highest BCUT2D eigenvalue weighted by atomic mass is 19.1. The van der Waals surface area contributed by atoms with Crippen molar-refractivity contribution in [1.82, 2.24) is 4.98 Å². The van der Waals surface area contributed by atoms with E-state index in [1.165, 1.54) is 0 Å². The zero-order chi connectivity index (χ0) is 15.6. The molecule has 2 aromatic rings. The number of carboxylic acids is 1. The van der Waals surface area contributed by atoms with Crippen LogP contribution in [0.4, 0.5) is 10.1 Å². The van der Waals surface area contributed by atoms with Gasteiger partial charge in [0, 0.05) is 6.07 Å². The number of carboxylic acid groups (broad SMARTS) is 1. The van der Waals surface area contributed by atoms with Crippen LogP contribution in [0.5, 0.6) is 5.95 Å². The van der Waals surface area contributed by atoms with Gasteiger partial charge in [-0.2, -0.15) is 4.98 Å². The summed E-state index contributed by atoms with van der Waals surface area (Å²) >= 11 is 0. The molecule has 0 aliphatic heterocycles. The van der Waals surface area contributed by atoms with E-state index in [2.05, 4.69) is 4.98 Å². The van der Waals surface area contributed by atoms with Crippen LogP contribution >= 0.6 is 0 Å². The number of benzene rings is 1. The summed E-state index contributed by atoms with van der Waals surface area (Å²) in [6.07, 6.45) is 0. The van der Waals surface area contributed by atoms with Crippen LogP contribution < -0.4 is 4.74 Å². The number of carbonyl (C=O) groups is 1. The number of nitro groups is 1. The molecule has 8 nitrogen and oxygen atoms in total. The van der Waals surface area contributed by atoms with Crippen molar-refractivity contribution in [2.75, 3.05) is 6.61 Å². The third kappa shape index (κ3) is 2.81. The number of aromatic nitrogens is 1. The maximum Gasteiger partial charge on any atom is 0.362 e. The number of aromatic carboxylic acids is 1. The lowest BCUT2D eigenvalue weighted by molar-refractivity contribution is -0.385. The molecular formula is C12H9FN2O6. The molecular weight excluding hydrogens is 287 g/mol. The highest BCUT2D eigenvalue weighted by molar-refractivity contribution is 5.88. The Morgan fingerprint density at radius 1 is 1.57 bits per heavy atom. The van der Waals surface area contributed by atoms with Crippen molar-refractivity contribution < 1.29 is 28.4 Å². The monoisotopic (exact) mass is 296 g/mol. The van der Waals surface area contributed by atoms with E-state index < -0.39 is 28.1 Å². The van der Waals surface area contributed by atoms with Gasteiger partial charge in [-0.25, -0.2) is 9.18 Å². The van der Waals surface area contributed by atoms with E-state index in [0.717, 1.165) is 12.1 Å². The molecule has 0 bridgehead atoms. The summed E-state index contributed by atoms with van der Waals surface area (Å²) in [6.45, 7) is 1.75. The molecule has 21 heavy (non-hydrogen) atoms. The van der Waals surface area contributed by atoms with Crippen molar-refractivity contribution >= 4 is 11.7 Å². The fourth-order valence-corrected chi connectivity index (χ4v) is 1.58. The van der Waals surface area contributed by atoms with Crippen LogP contribution in [0.2, 0.25) is 0 Å². The Bertz CT molecular complexity index is 712. The minimum atomic E-state index is -1.39. The Labute approximate surface area is 116 Å². The SMILES string of the molecule is CCOc1oc(-c2ccc([N+](=O)[O-])cc2F)nc1C(=O)O. The quantitative estimate of drug-likeness (QED) is 0.665. The first-order valence-electron chi connectivity index (χ1n) is 5.75. The molecule has 110 valence electrons. The predicted octanol–water partition coefficient (Wildman–Crippen LogP) is 2.49. The molecule has 1 aromatic heterocycles. The molecule has 0 atom stereocenters. The van der Waals surface area contributed by atoms with Crippen molar-refractivity contribution in [3.8, 4) is 17.4 Å². The van der Waals surface area contributed by atoms with E-state index in [0.29, 0.717) is 6.07 Å². The number of oxazole rings is 1. The molecule has 1 aromatic carbocycles. The lowest BCUT2D eigenvalue weighted by Gasteiger charge is -1.98. The van der Waals surface area contributed by atoms with E-state index in [1.54, 1.807) is 6.92 Å². The van der Waals surface area contributed by atoms with Crippen molar-refractivity contribution in [3.63, 3.8) is 0 Å². The second kappa shape index (κ2) is 5.57. The highest BCUT2D eigenvalue weighted by Crippen LogP contribution is 2.30. The molecule has 0 fully saturated rings. The van der Waals surface area contributed by atoms with Crippen molar-refractivity contribution in [1.29, 1.82) is 0 Å². The van der Waals surface area contributed by atoms with E-state index in [1.807, 2.05) is 0 Å². The Hall–Kier alpha value is -2.97. The van der Waals surface area contributed by atoms with Gasteiger partial charge in [-0.1, -0.05) is 0 Å². The maximum atomic E-state index is 13.8. The second-order valence-electron chi connectivity index (χ2n) is 3.81. The molecule has 2 rings (SSSR count). The average Bonchev–Trinajstić information content (AvgIpc) is 2.83. The normalized spacial score (nSPS) is 10.4. The summed E-state index contributed by atoms with van der Waals surface area (Å²) in [5.74, 6) is -3.03. The minimum Gasteiger partial charge on any atom is -0.476 e. The van der Waals surface area contributed by atoms with Gasteiger partial charge in [-0.05, 0) is 13.0 Å². The molecule has 1 heterocycles. The molecule has 0 aliphatic carbocycles. The number of nitro benzene ring substituents is 1. The maximum absolute atomic E-state index is 13.8. The molecule has 0 spiro atoms. The van der Waals surface area contributed by atoms with E-state index in [-0.39, 0.29) is 24.0 Å². The van der Waals surface area contributed by atoms with E-state index in [9.17, 15) is 19.3 Å². The van der Waals surface area contributed by atoms with Crippen LogP contribution in [-0.4, -0.2) is 27.6 Å². The summed E-state index contributed by atoms with van der Waals surface area (Å²) in [4.78, 5) is 24.4. The Morgan fingerprint density at radius 2 is 2.29 bits per heavy atom. The van der Waals surface area contributed by atoms with Gasteiger partial charge in [0.2, 0.25) is 11.6 Å². The number of nitrogens with zero attached hydrogens (tertiary/aromatic N) is 2. The fraction of sp³-hybridized carbons (Fsp3) is 0.167. The molecule has 0 aliphatic rings. The lowest BCUT2D eigenvalue weighted by atomic mass is 10.2. The summed E-state index contributed by atoms with van der Waals surface area (Å²) in [7, 11) is 0. The van der Waals surface area contributed by atoms with Gasteiger partial charge in [0.1, 0.15) is 5.82 Å². The Balaban J connectivity index is 2.49. The van der Waals surface area contributed by atoms with Gasteiger partial charge >= 0.3 is 11.9 Å². The van der Waals surface area contributed by atoms with Gasteiger partial charge in [0.15, 0.2) is 0 Å². The second-order valence-corrected chi connectivity index (χ2v) is 3.81. The van der Waals surface area contributed by atoms with Crippen LogP contribution in [0.1, 0.15) is 17.4 Å². The topological polar surface area (TPSA) is 116 Å². The standard InChI is InChI=1S/C12H9FN2O6/c1-2-20-12-9(11(16)17)14-10(21-12)7-4-3-6(15(18)19)5-8(7)13/h3-5H,2H2,1H3,(H,16,17). The summed E-state index contributed by atoms with van der Waals surface area (Å²) in [5, 5.41) is 19.5. The van der Waals surface area contributed by atoms with Gasteiger partial charge in [0.05, 0.1) is 23.2 Å². The van der Waals surface area contributed by atoms with Gasteiger partial charge in [-0.3, -0.25) is 10.1 Å². The third-order valence-electron chi connectivity index (χ3n) is 2.47. The van der Waals surface area contributed by atoms with Crippen LogP contribution in [-0.2, 0) is 0 Å². The predicted molar refractivity (Wildman–Crippen MR) is 66.7 cm³/mol. The third-order valence-corrected chi connectivity index (χ3v) is 2.47. The number of rotatable bonds is 5. The first kappa shape index (κ1) is 14.4. The van der Waals surface area contributed by atoms with Crippen molar-refractivity contribution in [2.45, 2.75) is 6.92 Å². The van der Waals surface area contributed by atoms with E-state index >= 15 is 0 Å². The van der Waals surface area contributed by atoms with E-state index in [4.69, 9.17) is 14.3 Å². The fourth-order valence-electron chi connectivity index (χ4n) is 1.58. The first-order chi connectivity index (χ1) is 9.93. The van der Waals surface area contributed by atoms with Crippen molar-refractivity contribution in [3.05, 3.63) is 39.8 Å². The minimum absolute atomic E-state index is 0.137. The zero-order valence-corrected chi connectivity index (χ0v) is 10.7. The van der Waals surface area contributed by atoms with Crippen LogP contribution in [0, 0.1) is 15.9 Å². The summed E-state index contributed by atoms with van der Waals surface area (Å²) < 4.78 is 23.9. The lowest BCUT2D eigenvalue weighted by Crippen LogP contribution is -2.01. The molecule has 0 saturated heterocycles. The van der Waals surface area contributed by atoms with Crippen LogP contribution in [0.25, 0.3) is 11.5 Å². The number of hydrogen-bond acceptors (Lipinski definition) is 6. The smallest absolute Gasteiger partial charge is 0.362 e. The number of hydrogen-bond donors (Lipinski definition) is 1. The Morgan fingerprint density at radius 3 is 2.81 bits per heavy atom. The molecule has 0 saturated carbocycles. The Kier molecular flexibility index (Phi) is 3.83. The number of non-ortho nitro benzene ring substituents is 1. The van der Waals surface area contributed by atoms with Gasteiger partial charge < -0.3 is 14.3 Å². The van der Waals surface area contributed by atoms with Gasteiger partial charge in [-0.15, -0.1) is 0 Å². The molecule has 0 unspecified atom stereocenters. The number of ether oxygens (including phenoxy) is 1. The van der Waals surface area contributed by atoms with Crippen LogP contribution in [0.3, 0.4) is 0 Å². The van der Waals surface area contributed by atoms with Crippen LogP contribution in [0.15, 0.2) is 22.6 Å². The molecule has 1 N–H and O–H groups in total. The molecule has 9 heteroatoms.